The average Bonchev–Trinajstić information content (AvgIpc) is 3.28. The van der Waals surface area contributed by atoms with Gasteiger partial charge in [0.25, 0.3) is 10.2 Å². The van der Waals surface area contributed by atoms with Crippen LogP contribution in [0.5, 0.6) is 0 Å². The van der Waals surface area contributed by atoms with Gasteiger partial charge in [0, 0.05) is 44.8 Å². The molecule has 0 spiro atoms. The molecular formula is C21H28F3N5O3S. The first-order valence-electron chi connectivity index (χ1n) is 11.1. The summed E-state index contributed by atoms with van der Waals surface area (Å²) in [6, 6.07) is 4.49. The molecule has 3 heterocycles. The predicted molar refractivity (Wildman–Crippen MR) is 115 cm³/mol. The van der Waals surface area contributed by atoms with Gasteiger partial charge in [-0.25, -0.2) is 0 Å². The van der Waals surface area contributed by atoms with Crippen molar-refractivity contribution in [2.75, 3.05) is 39.3 Å². The lowest BCUT2D eigenvalue weighted by molar-refractivity contribution is -0.137. The lowest BCUT2D eigenvalue weighted by Crippen LogP contribution is -2.54. The van der Waals surface area contributed by atoms with Crippen molar-refractivity contribution in [3.8, 4) is 11.4 Å². The van der Waals surface area contributed by atoms with Crippen LogP contribution in [-0.2, 0) is 16.4 Å². The standard InChI is InChI=1S/C21H28F3N5O3S/c1-15-5-4-8-29(14-15)33(30,31)28-11-9-27(10-12-28)16(2)20-25-19(26-32-20)17-6-3-7-18(13-17)21(22,23)24/h3,6-7,13,15-16H,4-5,8-12,14H2,1-2H3/t15-,16+/m1/s1. The Labute approximate surface area is 191 Å². The van der Waals surface area contributed by atoms with Crippen LogP contribution in [0.3, 0.4) is 0 Å². The van der Waals surface area contributed by atoms with Gasteiger partial charge in [-0.15, -0.1) is 0 Å². The highest BCUT2D eigenvalue weighted by Gasteiger charge is 2.36. The van der Waals surface area contributed by atoms with Crippen molar-refractivity contribution in [1.82, 2.24) is 23.7 Å². The molecule has 2 aliphatic heterocycles. The lowest BCUT2D eigenvalue weighted by atomic mass is 10.0. The number of alkyl halides is 3. The molecule has 0 bridgehead atoms. The summed E-state index contributed by atoms with van der Waals surface area (Å²) in [6.07, 6.45) is -2.53. The average molecular weight is 488 g/mol. The van der Waals surface area contributed by atoms with E-state index in [2.05, 4.69) is 17.1 Å². The van der Waals surface area contributed by atoms with Crippen molar-refractivity contribution < 1.29 is 26.1 Å². The summed E-state index contributed by atoms with van der Waals surface area (Å²) in [6.45, 7) is 6.73. The molecule has 2 aliphatic rings. The lowest BCUT2D eigenvalue weighted by Gasteiger charge is -2.39. The van der Waals surface area contributed by atoms with E-state index in [0.717, 1.165) is 25.0 Å². The Morgan fingerprint density at radius 2 is 1.85 bits per heavy atom. The zero-order valence-corrected chi connectivity index (χ0v) is 19.4. The molecule has 2 aromatic rings. The number of benzene rings is 1. The summed E-state index contributed by atoms with van der Waals surface area (Å²) in [4.78, 5) is 6.34. The van der Waals surface area contributed by atoms with E-state index >= 15 is 0 Å². The Kier molecular flexibility index (Phi) is 6.81. The number of hydrogen-bond acceptors (Lipinski definition) is 6. The van der Waals surface area contributed by atoms with Gasteiger partial charge in [-0.1, -0.05) is 24.2 Å². The van der Waals surface area contributed by atoms with E-state index in [0.29, 0.717) is 45.2 Å². The van der Waals surface area contributed by atoms with Gasteiger partial charge in [-0.05, 0) is 37.8 Å². The number of hydrogen-bond donors (Lipinski definition) is 0. The van der Waals surface area contributed by atoms with Crippen molar-refractivity contribution in [3.63, 3.8) is 0 Å². The molecule has 0 N–H and O–H groups in total. The van der Waals surface area contributed by atoms with Crippen molar-refractivity contribution in [3.05, 3.63) is 35.7 Å². The van der Waals surface area contributed by atoms with Crippen LogP contribution in [0.1, 0.15) is 44.2 Å². The van der Waals surface area contributed by atoms with Crippen molar-refractivity contribution >= 4 is 10.2 Å². The van der Waals surface area contributed by atoms with E-state index in [1.54, 1.807) is 4.31 Å². The highest BCUT2D eigenvalue weighted by atomic mass is 32.2. The molecule has 0 unspecified atom stereocenters. The molecule has 0 radical (unpaired) electrons. The Balaban J connectivity index is 1.40. The van der Waals surface area contributed by atoms with Gasteiger partial charge in [-0.2, -0.15) is 35.2 Å². The zero-order valence-electron chi connectivity index (χ0n) is 18.6. The first-order chi connectivity index (χ1) is 15.6. The Bertz CT molecular complexity index is 1070. The van der Waals surface area contributed by atoms with Gasteiger partial charge in [0.2, 0.25) is 11.7 Å². The number of piperazine rings is 1. The predicted octanol–water partition coefficient (Wildman–Crippen LogP) is 3.41. The highest BCUT2D eigenvalue weighted by Crippen LogP contribution is 2.32. The monoisotopic (exact) mass is 487 g/mol. The molecule has 4 rings (SSSR count). The molecule has 33 heavy (non-hydrogen) atoms. The second kappa shape index (κ2) is 9.32. The minimum Gasteiger partial charge on any atom is -0.337 e. The molecule has 2 saturated heterocycles. The van der Waals surface area contributed by atoms with E-state index in [1.807, 2.05) is 11.8 Å². The molecular weight excluding hydrogens is 459 g/mol. The van der Waals surface area contributed by atoms with E-state index < -0.39 is 21.9 Å². The van der Waals surface area contributed by atoms with Gasteiger partial charge >= 0.3 is 6.18 Å². The van der Waals surface area contributed by atoms with Crippen LogP contribution < -0.4 is 0 Å². The molecule has 1 aromatic heterocycles. The maximum absolute atomic E-state index is 13.0. The largest absolute Gasteiger partial charge is 0.416 e. The fraction of sp³-hybridized carbons (Fsp3) is 0.619. The zero-order chi connectivity index (χ0) is 23.8. The minimum absolute atomic E-state index is 0.0865. The molecule has 1 aromatic carbocycles. The van der Waals surface area contributed by atoms with Crippen LogP contribution in [0.2, 0.25) is 0 Å². The van der Waals surface area contributed by atoms with E-state index in [9.17, 15) is 21.6 Å². The van der Waals surface area contributed by atoms with Gasteiger partial charge < -0.3 is 4.52 Å². The number of rotatable bonds is 5. The molecule has 182 valence electrons. The van der Waals surface area contributed by atoms with Crippen LogP contribution in [0, 0.1) is 5.92 Å². The number of halogens is 3. The summed E-state index contributed by atoms with van der Waals surface area (Å²) in [5.41, 5.74) is -0.557. The second-order valence-electron chi connectivity index (χ2n) is 8.76. The number of piperidine rings is 1. The van der Waals surface area contributed by atoms with Gasteiger partial charge in [0.05, 0.1) is 11.6 Å². The third-order valence-electron chi connectivity index (χ3n) is 6.34. The van der Waals surface area contributed by atoms with Crippen LogP contribution >= 0.6 is 0 Å². The Morgan fingerprint density at radius 3 is 2.52 bits per heavy atom. The molecule has 0 aliphatic carbocycles. The summed E-state index contributed by atoms with van der Waals surface area (Å²) >= 11 is 0. The molecule has 12 heteroatoms. The number of aromatic nitrogens is 2. The van der Waals surface area contributed by atoms with Crippen LogP contribution in [-0.4, -0.2) is 71.3 Å². The first-order valence-corrected chi connectivity index (χ1v) is 12.5. The van der Waals surface area contributed by atoms with Crippen molar-refractivity contribution in [1.29, 1.82) is 0 Å². The minimum atomic E-state index is -4.46. The van der Waals surface area contributed by atoms with E-state index in [4.69, 9.17) is 4.52 Å². The number of nitrogens with zero attached hydrogens (tertiary/aromatic N) is 5. The summed E-state index contributed by atoms with van der Waals surface area (Å²) in [7, 11) is -3.48. The highest BCUT2D eigenvalue weighted by molar-refractivity contribution is 7.86. The van der Waals surface area contributed by atoms with Crippen molar-refractivity contribution in [2.24, 2.45) is 5.92 Å². The second-order valence-corrected chi connectivity index (χ2v) is 10.7. The van der Waals surface area contributed by atoms with Crippen LogP contribution in [0.15, 0.2) is 28.8 Å². The summed E-state index contributed by atoms with van der Waals surface area (Å²) in [5.74, 6) is 0.727. The fourth-order valence-corrected chi connectivity index (χ4v) is 6.11. The van der Waals surface area contributed by atoms with Gasteiger partial charge in [-0.3, -0.25) is 4.90 Å². The topological polar surface area (TPSA) is 82.8 Å². The van der Waals surface area contributed by atoms with E-state index in [-0.39, 0.29) is 23.3 Å². The van der Waals surface area contributed by atoms with Crippen LogP contribution in [0.25, 0.3) is 11.4 Å². The summed E-state index contributed by atoms with van der Waals surface area (Å²) < 4.78 is 73.4. The molecule has 0 amide bonds. The maximum Gasteiger partial charge on any atom is 0.416 e. The molecule has 0 saturated carbocycles. The van der Waals surface area contributed by atoms with Crippen molar-refractivity contribution in [2.45, 2.75) is 38.9 Å². The molecule has 2 fully saturated rings. The SMILES string of the molecule is C[C@@H]1CCCN(S(=O)(=O)N2CCN([C@@H](C)c3nc(-c4cccc(C(F)(F)F)c4)no3)CC2)C1. The Hall–Kier alpha value is -2.02. The molecule has 2 atom stereocenters. The van der Waals surface area contributed by atoms with Gasteiger partial charge in [0.1, 0.15) is 0 Å². The smallest absolute Gasteiger partial charge is 0.337 e. The van der Waals surface area contributed by atoms with Gasteiger partial charge in [0.15, 0.2) is 0 Å². The Morgan fingerprint density at radius 1 is 1.12 bits per heavy atom. The van der Waals surface area contributed by atoms with E-state index in [1.165, 1.54) is 16.4 Å². The third-order valence-corrected chi connectivity index (χ3v) is 8.34. The summed E-state index contributed by atoms with van der Waals surface area (Å²) in [5, 5.41) is 3.85. The fourth-order valence-electron chi connectivity index (χ4n) is 4.35. The third kappa shape index (κ3) is 5.23. The maximum atomic E-state index is 13.0. The molecule has 8 nitrogen and oxygen atoms in total. The first kappa shape index (κ1) is 24.1. The quantitative estimate of drug-likeness (QED) is 0.643. The van der Waals surface area contributed by atoms with Crippen LogP contribution in [0.4, 0.5) is 13.2 Å². The normalized spacial score (nSPS) is 23.0.